The van der Waals surface area contributed by atoms with Crippen molar-refractivity contribution >= 4 is 27.4 Å². The standard InChI is InChI=1S/C10H11BrN4/c1-7-9(6-15(2)14-7)13-10-8(11)4-3-5-12-10/h3-6H,1-2H3,(H,12,13). The van der Waals surface area contributed by atoms with Crippen LogP contribution in [-0.2, 0) is 7.05 Å². The summed E-state index contributed by atoms with van der Waals surface area (Å²) in [5, 5.41) is 7.47. The average Bonchev–Trinajstić information content (AvgIpc) is 2.49. The minimum atomic E-state index is 0.800. The maximum Gasteiger partial charge on any atom is 0.144 e. The van der Waals surface area contributed by atoms with Gasteiger partial charge in [-0.15, -0.1) is 0 Å². The Hall–Kier alpha value is -1.36. The number of aryl methyl sites for hydroxylation is 2. The first-order valence-electron chi connectivity index (χ1n) is 4.54. The maximum absolute atomic E-state index is 4.25. The molecule has 2 heterocycles. The number of hydrogen-bond donors (Lipinski definition) is 1. The summed E-state index contributed by atoms with van der Waals surface area (Å²) >= 11 is 3.43. The van der Waals surface area contributed by atoms with Gasteiger partial charge in [0, 0.05) is 19.4 Å². The van der Waals surface area contributed by atoms with Crippen LogP contribution >= 0.6 is 15.9 Å². The number of halogens is 1. The highest BCUT2D eigenvalue weighted by Gasteiger charge is 2.05. The number of rotatable bonds is 2. The number of nitrogens with one attached hydrogen (secondary N) is 1. The van der Waals surface area contributed by atoms with Crippen molar-refractivity contribution in [2.24, 2.45) is 7.05 Å². The highest BCUT2D eigenvalue weighted by atomic mass is 79.9. The third-order valence-corrected chi connectivity index (χ3v) is 2.66. The summed E-state index contributed by atoms with van der Waals surface area (Å²) in [6, 6.07) is 3.83. The fourth-order valence-electron chi connectivity index (χ4n) is 1.33. The van der Waals surface area contributed by atoms with Gasteiger partial charge in [-0.2, -0.15) is 5.10 Å². The molecule has 0 fully saturated rings. The van der Waals surface area contributed by atoms with Crippen molar-refractivity contribution in [3.05, 3.63) is 34.7 Å². The molecule has 0 saturated heterocycles. The Balaban J connectivity index is 2.29. The molecule has 0 bridgehead atoms. The molecule has 2 rings (SSSR count). The summed E-state index contributed by atoms with van der Waals surface area (Å²) in [6.45, 7) is 1.96. The van der Waals surface area contributed by atoms with E-state index in [-0.39, 0.29) is 0 Å². The van der Waals surface area contributed by atoms with Crippen LogP contribution in [0.2, 0.25) is 0 Å². The van der Waals surface area contributed by atoms with Crippen molar-refractivity contribution in [2.75, 3.05) is 5.32 Å². The van der Waals surface area contributed by atoms with Crippen LogP contribution in [-0.4, -0.2) is 14.8 Å². The lowest BCUT2D eigenvalue weighted by Crippen LogP contribution is -1.94. The van der Waals surface area contributed by atoms with Crippen LogP contribution in [0.5, 0.6) is 0 Å². The highest BCUT2D eigenvalue weighted by molar-refractivity contribution is 9.10. The molecule has 78 valence electrons. The van der Waals surface area contributed by atoms with Gasteiger partial charge in [-0.05, 0) is 35.0 Å². The van der Waals surface area contributed by atoms with Crippen molar-refractivity contribution in [3.8, 4) is 0 Å². The Morgan fingerprint density at radius 1 is 1.47 bits per heavy atom. The molecule has 0 atom stereocenters. The van der Waals surface area contributed by atoms with E-state index < -0.39 is 0 Å². The summed E-state index contributed by atoms with van der Waals surface area (Å²) in [5.74, 6) is 0.800. The molecule has 1 N–H and O–H groups in total. The van der Waals surface area contributed by atoms with E-state index in [1.165, 1.54) is 0 Å². The van der Waals surface area contributed by atoms with Gasteiger partial charge in [-0.3, -0.25) is 4.68 Å². The van der Waals surface area contributed by atoms with E-state index in [0.29, 0.717) is 0 Å². The number of pyridine rings is 1. The number of anilines is 2. The van der Waals surface area contributed by atoms with Crippen molar-refractivity contribution in [2.45, 2.75) is 6.92 Å². The van der Waals surface area contributed by atoms with Gasteiger partial charge in [-0.25, -0.2) is 4.98 Å². The van der Waals surface area contributed by atoms with Gasteiger partial charge in [0.1, 0.15) is 5.82 Å². The first-order valence-corrected chi connectivity index (χ1v) is 5.34. The van der Waals surface area contributed by atoms with Gasteiger partial charge in [0.05, 0.1) is 15.9 Å². The molecule has 2 aromatic heterocycles. The zero-order chi connectivity index (χ0) is 10.8. The summed E-state index contributed by atoms with van der Waals surface area (Å²) in [6.07, 6.45) is 3.68. The number of aromatic nitrogens is 3. The molecule has 0 aliphatic heterocycles. The molecule has 15 heavy (non-hydrogen) atoms. The second-order valence-corrected chi connectivity index (χ2v) is 4.12. The molecule has 0 unspecified atom stereocenters. The first kappa shape index (κ1) is 10.2. The topological polar surface area (TPSA) is 42.7 Å². The lowest BCUT2D eigenvalue weighted by molar-refractivity contribution is 0.756. The van der Waals surface area contributed by atoms with E-state index in [9.17, 15) is 0 Å². The van der Waals surface area contributed by atoms with Crippen LogP contribution in [0.15, 0.2) is 29.0 Å². The van der Waals surface area contributed by atoms with Crippen molar-refractivity contribution < 1.29 is 0 Å². The average molecular weight is 267 g/mol. The zero-order valence-corrected chi connectivity index (χ0v) is 10.1. The molecule has 5 heteroatoms. The van der Waals surface area contributed by atoms with E-state index in [0.717, 1.165) is 21.7 Å². The lowest BCUT2D eigenvalue weighted by Gasteiger charge is -2.04. The molecule has 0 aliphatic carbocycles. The minimum absolute atomic E-state index is 0.800. The molecule has 0 aliphatic rings. The van der Waals surface area contributed by atoms with Crippen LogP contribution in [0.25, 0.3) is 0 Å². The van der Waals surface area contributed by atoms with Crippen LogP contribution < -0.4 is 5.32 Å². The molecule has 0 saturated carbocycles. The first-order chi connectivity index (χ1) is 7.16. The largest absolute Gasteiger partial charge is 0.337 e. The third-order valence-electron chi connectivity index (χ3n) is 2.03. The Bertz CT molecular complexity index is 478. The fraction of sp³-hybridized carbons (Fsp3) is 0.200. The van der Waals surface area contributed by atoms with E-state index in [4.69, 9.17) is 0 Å². The van der Waals surface area contributed by atoms with Gasteiger partial charge in [-0.1, -0.05) is 0 Å². The minimum Gasteiger partial charge on any atom is -0.337 e. The molecule has 0 radical (unpaired) electrons. The molecule has 4 nitrogen and oxygen atoms in total. The number of nitrogens with zero attached hydrogens (tertiary/aromatic N) is 3. The van der Waals surface area contributed by atoms with E-state index >= 15 is 0 Å². The Labute approximate surface area is 96.5 Å². The van der Waals surface area contributed by atoms with E-state index in [2.05, 4.69) is 31.3 Å². The molecule has 0 spiro atoms. The van der Waals surface area contributed by atoms with E-state index in [1.807, 2.05) is 32.3 Å². The summed E-state index contributed by atoms with van der Waals surface area (Å²) in [5.41, 5.74) is 1.92. The molecule has 0 aromatic carbocycles. The van der Waals surface area contributed by atoms with Gasteiger partial charge >= 0.3 is 0 Å². The van der Waals surface area contributed by atoms with Crippen LogP contribution in [0.1, 0.15) is 5.69 Å². The summed E-state index contributed by atoms with van der Waals surface area (Å²) in [4.78, 5) is 4.23. The normalized spacial score (nSPS) is 10.3. The quantitative estimate of drug-likeness (QED) is 0.909. The second kappa shape index (κ2) is 4.02. The van der Waals surface area contributed by atoms with Gasteiger partial charge in [0.15, 0.2) is 0 Å². The molecular formula is C10H11BrN4. The van der Waals surface area contributed by atoms with Crippen LogP contribution in [0.3, 0.4) is 0 Å². The number of hydrogen-bond acceptors (Lipinski definition) is 3. The van der Waals surface area contributed by atoms with Gasteiger partial charge < -0.3 is 5.32 Å². The van der Waals surface area contributed by atoms with Crippen molar-refractivity contribution in [1.29, 1.82) is 0 Å². The zero-order valence-electron chi connectivity index (χ0n) is 8.53. The van der Waals surface area contributed by atoms with E-state index in [1.54, 1.807) is 10.9 Å². The summed E-state index contributed by atoms with van der Waals surface area (Å²) < 4.78 is 2.71. The van der Waals surface area contributed by atoms with Gasteiger partial charge in [0.25, 0.3) is 0 Å². The van der Waals surface area contributed by atoms with Crippen LogP contribution in [0, 0.1) is 6.92 Å². The SMILES string of the molecule is Cc1nn(C)cc1Nc1ncccc1Br. The molecule has 2 aromatic rings. The Morgan fingerprint density at radius 3 is 2.87 bits per heavy atom. The maximum atomic E-state index is 4.25. The lowest BCUT2D eigenvalue weighted by atomic mass is 10.4. The predicted octanol–water partition coefficient (Wildman–Crippen LogP) is 2.63. The summed E-state index contributed by atoms with van der Waals surface area (Å²) in [7, 11) is 1.89. The highest BCUT2D eigenvalue weighted by Crippen LogP contribution is 2.24. The molecular weight excluding hydrogens is 256 g/mol. The van der Waals surface area contributed by atoms with Crippen molar-refractivity contribution in [1.82, 2.24) is 14.8 Å². The Morgan fingerprint density at radius 2 is 2.27 bits per heavy atom. The van der Waals surface area contributed by atoms with Crippen molar-refractivity contribution in [3.63, 3.8) is 0 Å². The van der Waals surface area contributed by atoms with Crippen LogP contribution in [0.4, 0.5) is 11.5 Å². The smallest absolute Gasteiger partial charge is 0.144 e. The molecule has 0 amide bonds. The Kier molecular flexibility index (Phi) is 2.73. The predicted molar refractivity (Wildman–Crippen MR) is 63.2 cm³/mol. The fourth-order valence-corrected chi connectivity index (χ4v) is 1.68. The second-order valence-electron chi connectivity index (χ2n) is 3.26. The third kappa shape index (κ3) is 2.18. The van der Waals surface area contributed by atoms with Gasteiger partial charge in [0.2, 0.25) is 0 Å². The monoisotopic (exact) mass is 266 g/mol.